The summed E-state index contributed by atoms with van der Waals surface area (Å²) in [6.07, 6.45) is 0. The lowest BCUT2D eigenvalue weighted by Crippen LogP contribution is -2.22. The maximum Gasteiger partial charge on any atom is 0.237 e. The van der Waals surface area contributed by atoms with Gasteiger partial charge in [0, 0.05) is 18.3 Å². The average Bonchev–Trinajstić information content (AvgIpc) is 3.03. The Morgan fingerprint density at radius 1 is 1.19 bits per heavy atom. The van der Waals surface area contributed by atoms with Crippen LogP contribution >= 0.6 is 11.8 Å². The fourth-order valence-electron chi connectivity index (χ4n) is 2.38. The molecule has 130 valence electrons. The molecular formula is C19H17N5OS. The Kier molecular flexibility index (Phi) is 5.34. The highest BCUT2D eigenvalue weighted by Gasteiger charge is 2.19. The molecule has 1 amide bonds. The van der Waals surface area contributed by atoms with Crippen LogP contribution in [0.3, 0.4) is 0 Å². The summed E-state index contributed by atoms with van der Waals surface area (Å²) in [5.41, 5.74) is 2.08. The van der Waals surface area contributed by atoms with Gasteiger partial charge in [-0.1, -0.05) is 48.2 Å². The number of aromatic nitrogens is 3. The maximum atomic E-state index is 12.4. The van der Waals surface area contributed by atoms with Gasteiger partial charge in [-0.2, -0.15) is 5.26 Å². The van der Waals surface area contributed by atoms with Gasteiger partial charge in [0.15, 0.2) is 11.0 Å². The lowest BCUT2D eigenvalue weighted by molar-refractivity contribution is -0.115. The van der Waals surface area contributed by atoms with E-state index in [9.17, 15) is 4.79 Å². The minimum atomic E-state index is -0.368. The molecule has 1 atom stereocenters. The van der Waals surface area contributed by atoms with Gasteiger partial charge in [0.1, 0.15) is 0 Å². The van der Waals surface area contributed by atoms with Crippen LogP contribution in [-0.4, -0.2) is 25.9 Å². The molecule has 0 saturated heterocycles. The highest BCUT2D eigenvalue weighted by Crippen LogP contribution is 2.26. The summed E-state index contributed by atoms with van der Waals surface area (Å²) in [5, 5.41) is 20.5. The Morgan fingerprint density at radius 3 is 2.69 bits per heavy atom. The third kappa shape index (κ3) is 3.92. The molecule has 1 unspecified atom stereocenters. The largest absolute Gasteiger partial charge is 0.325 e. The summed E-state index contributed by atoms with van der Waals surface area (Å²) < 4.78 is 1.88. The standard InChI is InChI=1S/C19H17N5OS/c1-13(18(25)21-16-10-6-7-14(11-16)12-20)26-19-23-22-17(24(19)2)15-8-4-3-5-9-15/h3-11,13H,1-2H3,(H,21,25). The Bertz CT molecular complexity index is 962. The zero-order chi connectivity index (χ0) is 18.5. The van der Waals surface area contributed by atoms with Crippen molar-refractivity contribution in [1.82, 2.24) is 14.8 Å². The van der Waals surface area contributed by atoms with Crippen LogP contribution in [0.15, 0.2) is 59.8 Å². The van der Waals surface area contributed by atoms with Gasteiger partial charge in [-0.05, 0) is 25.1 Å². The third-order valence-electron chi connectivity index (χ3n) is 3.78. The molecule has 26 heavy (non-hydrogen) atoms. The minimum Gasteiger partial charge on any atom is -0.325 e. The molecule has 1 aromatic heterocycles. The smallest absolute Gasteiger partial charge is 0.237 e. The first-order valence-electron chi connectivity index (χ1n) is 8.01. The molecule has 3 aromatic rings. The van der Waals surface area contributed by atoms with Crippen molar-refractivity contribution < 1.29 is 4.79 Å². The van der Waals surface area contributed by atoms with Gasteiger partial charge in [0.05, 0.1) is 16.9 Å². The van der Waals surface area contributed by atoms with Crippen molar-refractivity contribution in [2.24, 2.45) is 7.05 Å². The summed E-state index contributed by atoms with van der Waals surface area (Å²) in [5.74, 6) is 0.594. The molecule has 1 heterocycles. The summed E-state index contributed by atoms with van der Waals surface area (Å²) in [6.45, 7) is 1.81. The van der Waals surface area contributed by atoms with E-state index in [2.05, 4.69) is 21.6 Å². The van der Waals surface area contributed by atoms with E-state index >= 15 is 0 Å². The number of thioether (sulfide) groups is 1. The van der Waals surface area contributed by atoms with Crippen molar-refractivity contribution in [3.63, 3.8) is 0 Å². The van der Waals surface area contributed by atoms with E-state index in [1.165, 1.54) is 11.8 Å². The van der Waals surface area contributed by atoms with Gasteiger partial charge in [0.25, 0.3) is 0 Å². The molecule has 0 aliphatic heterocycles. The minimum absolute atomic E-state index is 0.158. The van der Waals surface area contributed by atoms with Crippen LogP contribution in [-0.2, 0) is 11.8 Å². The number of hydrogen-bond donors (Lipinski definition) is 1. The van der Waals surface area contributed by atoms with E-state index in [1.807, 2.05) is 48.9 Å². The van der Waals surface area contributed by atoms with Crippen LogP contribution in [0.25, 0.3) is 11.4 Å². The normalized spacial score (nSPS) is 11.6. The zero-order valence-corrected chi connectivity index (χ0v) is 15.2. The Hall–Kier alpha value is -3.11. The lowest BCUT2D eigenvalue weighted by atomic mass is 10.2. The van der Waals surface area contributed by atoms with Gasteiger partial charge in [0.2, 0.25) is 5.91 Å². The van der Waals surface area contributed by atoms with Gasteiger partial charge in [-0.25, -0.2) is 0 Å². The molecule has 0 saturated carbocycles. The van der Waals surface area contributed by atoms with E-state index in [4.69, 9.17) is 5.26 Å². The summed E-state index contributed by atoms with van der Waals surface area (Å²) in [6, 6.07) is 18.7. The molecule has 0 radical (unpaired) electrons. The SMILES string of the molecule is CC(Sc1nnc(-c2ccccc2)n1C)C(=O)Nc1cccc(C#N)c1. The number of carbonyl (C=O) groups is 1. The van der Waals surface area contributed by atoms with E-state index in [-0.39, 0.29) is 11.2 Å². The van der Waals surface area contributed by atoms with Crippen molar-refractivity contribution in [2.75, 3.05) is 5.32 Å². The number of anilines is 1. The van der Waals surface area contributed by atoms with Crippen LogP contribution in [0.5, 0.6) is 0 Å². The van der Waals surface area contributed by atoms with E-state index in [0.717, 1.165) is 11.4 Å². The van der Waals surface area contributed by atoms with Crippen LogP contribution in [0.2, 0.25) is 0 Å². The topological polar surface area (TPSA) is 83.6 Å². The van der Waals surface area contributed by atoms with Crippen LogP contribution < -0.4 is 5.32 Å². The first-order valence-corrected chi connectivity index (χ1v) is 8.89. The Morgan fingerprint density at radius 2 is 1.96 bits per heavy atom. The Labute approximate surface area is 155 Å². The second kappa shape index (κ2) is 7.85. The number of nitrogens with one attached hydrogen (secondary N) is 1. The number of rotatable bonds is 5. The van der Waals surface area contributed by atoms with Gasteiger partial charge in [-0.15, -0.1) is 10.2 Å². The number of hydrogen-bond acceptors (Lipinski definition) is 5. The first-order chi connectivity index (χ1) is 12.6. The highest BCUT2D eigenvalue weighted by atomic mass is 32.2. The van der Waals surface area contributed by atoms with Crippen molar-refractivity contribution in [3.8, 4) is 17.5 Å². The van der Waals surface area contributed by atoms with Gasteiger partial charge in [-0.3, -0.25) is 4.79 Å². The summed E-state index contributed by atoms with van der Waals surface area (Å²) in [7, 11) is 1.88. The fraction of sp³-hybridized carbons (Fsp3) is 0.158. The van der Waals surface area contributed by atoms with Crippen molar-refractivity contribution in [1.29, 1.82) is 5.26 Å². The number of nitriles is 1. The first kappa shape index (κ1) is 17.7. The van der Waals surface area contributed by atoms with Crippen LogP contribution in [0.4, 0.5) is 5.69 Å². The molecule has 3 rings (SSSR count). The lowest BCUT2D eigenvalue weighted by Gasteiger charge is -2.12. The average molecular weight is 363 g/mol. The summed E-state index contributed by atoms with van der Waals surface area (Å²) in [4.78, 5) is 12.4. The molecule has 7 heteroatoms. The molecule has 0 aliphatic rings. The van der Waals surface area contributed by atoms with Crippen LogP contribution in [0, 0.1) is 11.3 Å². The third-order valence-corrected chi connectivity index (χ3v) is 4.91. The highest BCUT2D eigenvalue weighted by molar-refractivity contribution is 8.00. The maximum absolute atomic E-state index is 12.4. The zero-order valence-electron chi connectivity index (χ0n) is 14.4. The molecule has 2 aromatic carbocycles. The molecule has 1 N–H and O–H groups in total. The summed E-state index contributed by atoms with van der Waals surface area (Å²) >= 11 is 1.34. The number of carbonyl (C=O) groups excluding carboxylic acids is 1. The number of amides is 1. The number of benzene rings is 2. The van der Waals surface area contributed by atoms with Crippen molar-refractivity contribution in [2.45, 2.75) is 17.3 Å². The molecule has 6 nitrogen and oxygen atoms in total. The second-order valence-electron chi connectivity index (χ2n) is 5.67. The molecule has 0 aliphatic carbocycles. The Balaban J connectivity index is 1.70. The monoisotopic (exact) mass is 363 g/mol. The molecule has 0 bridgehead atoms. The fourth-order valence-corrected chi connectivity index (χ4v) is 3.19. The van der Waals surface area contributed by atoms with E-state index < -0.39 is 0 Å². The van der Waals surface area contributed by atoms with Crippen molar-refractivity contribution >= 4 is 23.4 Å². The molecule has 0 fully saturated rings. The van der Waals surface area contributed by atoms with Gasteiger partial charge >= 0.3 is 0 Å². The number of nitrogens with zero attached hydrogens (tertiary/aromatic N) is 4. The van der Waals surface area contributed by atoms with E-state index in [1.54, 1.807) is 24.3 Å². The predicted molar refractivity (Wildman–Crippen MR) is 102 cm³/mol. The predicted octanol–water partition coefficient (Wildman–Crippen LogP) is 3.47. The quantitative estimate of drug-likeness (QED) is 0.702. The van der Waals surface area contributed by atoms with Gasteiger partial charge < -0.3 is 9.88 Å². The molecular weight excluding hydrogens is 346 g/mol. The van der Waals surface area contributed by atoms with Crippen LogP contribution in [0.1, 0.15) is 12.5 Å². The van der Waals surface area contributed by atoms with Crippen molar-refractivity contribution in [3.05, 3.63) is 60.2 Å². The van der Waals surface area contributed by atoms with E-state index in [0.29, 0.717) is 16.4 Å². The second-order valence-corrected chi connectivity index (χ2v) is 6.98. The molecule has 0 spiro atoms.